The van der Waals surface area contributed by atoms with Crippen molar-refractivity contribution in [3.05, 3.63) is 65.7 Å². The highest BCUT2D eigenvalue weighted by molar-refractivity contribution is 5.92. The van der Waals surface area contributed by atoms with E-state index in [4.69, 9.17) is 9.47 Å². The first-order valence-electron chi connectivity index (χ1n) is 8.71. The molecule has 0 spiro atoms. The predicted molar refractivity (Wildman–Crippen MR) is 99.9 cm³/mol. The normalized spacial score (nSPS) is 11.7. The van der Waals surface area contributed by atoms with Crippen molar-refractivity contribution in [2.24, 2.45) is 5.92 Å². The molecule has 0 saturated carbocycles. The molecule has 26 heavy (non-hydrogen) atoms. The van der Waals surface area contributed by atoms with Crippen LogP contribution in [0.2, 0.25) is 0 Å². The van der Waals surface area contributed by atoms with Gasteiger partial charge in [0.15, 0.2) is 6.10 Å². The molecule has 1 amide bonds. The van der Waals surface area contributed by atoms with Crippen molar-refractivity contribution in [3.8, 4) is 5.75 Å². The molecule has 0 radical (unpaired) electrons. The maximum atomic E-state index is 12.1. The lowest BCUT2D eigenvalue weighted by Gasteiger charge is -2.14. The summed E-state index contributed by atoms with van der Waals surface area (Å²) in [4.78, 5) is 24.0. The van der Waals surface area contributed by atoms with Gasteiger partial charge in [0.25, 0.3) is 5.91 Å². The van der Waals surface area contributed by atoms with E-state index in [1.54, 1.807) is 31.2 Å². The summed E-state index contributed by atoms with van der Waals surface area (Å²) in [6.45, 7) is 6.56. The fourth-order valence-corrected chi connectivity index (χ4v) is 2.16. The summed E-state index contributed by atoms with van der Waals surface area (Å²) in [5, 5.41) is 2.74. The van der Waals surface area contributed by atoms with E-state index in [1.807, 2.05) is 44.2 Å². The number of hydrogen-bond acceptors (Lipinski definition) is 4. The molecule has 1 atom stereocenters. The minimum absolute atomic E-state index is 0.296. The molecule has 2 aromatic carbocycles. The Morgan fingerprint density at radius 1 is 0.962 bits per heavy atom. The van der Waals surface area contributed by atoms with Crippen molar-refractivity contribution in [2.45, 2.75) is 33.5 Å². The molecular weight excluding hydrogens is 330 g/mol. The van der Waals surface area contributed by atoms with Crippen LogP contribution in [-0.2, 0) is 16.1 Å². The largest absolute Gasteiger partial charge is 0.489 e. The van der Waals surface area contributed by atoms with Crippen molar-refractivity contribution in [2.75, 3.05) is 6.54 Å². The first kappa shape index (κ1) is 19.5. The van der Waals surface area contributed by atoms with Crippen LogP contribution >= 0.6 is 0 Å². The summed E-state index contributed by atoms with van der Waals surface area (Å²) in [7, 11) is 0. The molecule has 5 heteroatoms. The molecule has 1 N–H and O–H groups in total. The van der Waals surface area contributed by atoms with Crippen LogP contribution < -0.4 is 10.1 Å². The minimum Gasteiger partial charge on any atom is -0.489 e. The number of amides is 1. The zero-order valence-electron chi connectivity index (χ0n) is 15.4. The molecule has 0 bridgehead atoms. The van der Waals surface area contributed by atoms with Crippen LogP contribution in [0.15, 0.2) is 54.6 Å². The second-order valence-electron chi connectivity index (χ2n) is 6.49. The van der Waals surface area contributed by atoms with E-state index in [9.17, 15) is 9.59 Å². The zero-order valence-corrected chi connectivity index (χ0v) is 15.4. The number of rotatable bonds is 8. The van der Waals surface area contributed by atoms with Crippen molar-refractivity contribution in [1.82, 2.24) is 5.32 Å². The van der Waals surface area contributed by atoms with E-state index < -0.39 is 12.1 Å². The van der Waals surface area contributed by atoms with Gasteiger partial charge in [-0.05, 0) is 42.7 Å². The van der Waals surface area contributed by atoms with Crippen molar-refractivity contribution < 1.29 is 19.1 Å². The lowest BCUT2D eigenvalue weighted by Crippen LogP contribution is -2.37. The molecule has 0 fully saturated rings. The van der Waals surface area contributed by atoms with Crippen molar-refractivity contribution in [1.29, 1.82) is 0 Å². The summed E-state index contributed by atoms with van der Waals surface area (Å²) in [5.74, 6) is 0.167. The quantitative estimate of drug-likeness (QED) is 0.735. The average Bonchev–Trinajstić information content (AvgIpc) is 2.65. The Balaban J connectivity index is 1.84. The van der Waals surface area contributed by atoms with Gasteiger partial charge in [0.2, 0.25) is 0 Å². The second-order valence-corrected chi connectivity index (χ2v) is 6.49. The monoisotopic (exact) mass is 355 g/mol. The van der Waals surface area contributed by atoms with E-state index in [1.165, 1.54) is 0 Å². The van der Waals surface area contributed by atoms with E-state index in [0.29, 0.717) is 30.4 Å². The molecule has 0 unspecified atom stereocenters. The van der Waals surface area contributed by atoms with E-state index in [-0.39, 0.29) is 5.91 Å². The average molecular weight is 355 g/mol. The third-order valence-corrected chi connectivity index (χ3v) is 3.68. The Morgan fingerprint density at radius 2 is 1.62 bits per heavy atom. The van der Waals surface area contributed by atoms with Crippen LogP contribution in [0.4, 0.5) is 0 Å². The van der Waals surface area contributed by atoms with Crippen LogP contribution in [0.5, 0.6) is 5.75 Å². The molecule has 138 valence electrons. The smallest absolute Gasteiger partial charge is 0.338 e. The Morgan fingerprint density at radius 3 is 2.23 bits per heavy atom. The van der Waals surface area contributed by atoms with Gasteiger partial charge >= 0.3 is 5.97 Å². The highest BCUT2D eigenvalue weighted by Crippen LogP contribution is 2.15. The lowest BCUT2D eigenvalue weighted by atomic mass is 10.2. The van der Waals surface area contributed by atoms with Gasteiger partial charge in [-0.1, -0.05) is 44.2 Å². The van der Waals surface area contributed by atoms with Gasteiger partial charge in [-0.25, -0.2) is 4.79 Å². The first-order chi connectivity index (χ1) is 12.5. The van der Waals surface area contributed by atoms with Crippen LogP contribution in [0, 0.1) is 5.92 Å². The van der Waals surface area contributed by atoms with Gasteiger partial charge in [0, 0.05) is 6.54 Å². The standard InChI is InChI=1S/C21H25NO4/c1-15(2)13-22-20(23)16(3)26-21(24)18-9-11-19(12-10-18)25-14-17-7-5-4-6-8-17/h4-12,15-16H,13-14H2,1-3H3,(H,22,23)/t16-/m0/s1. The Labute approximate surface area is 154 Å². The van der Waals surface area contributed by atoms with Crippen LogP contribution in [0.25, 0.3) is 0 Å². The molecule has 0 saturated heterocycles. The molecule has 2 rings (SSSR count). The molecule has 0 aliphatic carbocycles. The van der Waals surface area contributed by atoms with Gasteiger partial charge in [-0.15, -0.1) is 0 Å². The Kier molecular flexibility index (Phi) is 7.21. The van der Waals surface area contributed by atoms with Crippen molar-refractivity contribution in [3.63, 3.8) is 0 Å². The third-order valence-electron chi connectivity index (χ3n) is 3.68. The second kappa shape index (κ2) is 9.61. The number of nitrogens with one attached hydrogen (secondary N) is 1. The highest BCUT2D eigenvalue weighted by Gasteiger charge is 2.18. The molecule has 2 aromatic rings. The van der Waals surface area contributed by atoms with E-state index >= 15 is 0 Å². The fraction of sp³-hybridized carbons (Fsp3) is 0.333. The van der Waals surface area contributed by atoms with Gasteiger partial charge in [-0.3, -0.25) is 4.79 Å². The summed E-state index contributed by atoms with van der Waals surface area (Å²) in [5.41, 5.74) is 1.44. The lowest BCUT2D eigenvalue weighted by molar-refractivity contribution is -0.129. The maximum Gasteiger partial charge on any atom is 0.338 e. The molecule has 0 aliphatic heterocycles. The van der Waals surface area contributed by atoms with Gasteiger partial charge in [0.05, 0.1) is 5.56 Å². The molecule has 0 heterocycles. The van der Waals surface area contributed by atoms with Crippen LogP contribution in [0.3, 0.4) is 0 Å². The minimum atomic E-state index is -0.838. The number of carbonyl (C=O) groups is 2. The topological polar surface area (TPSA) is 64.6 Å². The molecule has 0 aromatic heterocycles. The van der Waals surface area contributed by atoms with Gasteiger partial charge in [-0.2, -0.15) is 0 Å². The van der Waals surface area contributed by atoms with E-state index in [0.717, 1.165) is 5.56 Å². The fourth-order valence-electron chi connectivity index (χ4n) is 2.16. The first-order valence-corrected chi connectivity index (χ1v) is 8.71. The van der Waals surface area contributed by atoms with Gasteiger partial charge in [0.1, 0.15) is 12.4 Å². The summed E-state index contributed by atoms with van der Waals surface area (Å²) in [6, 6.07) is 16.5. The molecule has 0 aliphatic rings. The third kappa shape index (κ3) is 6.24. The molecular formula is C21H25NO4. The van der Waals surface area contributed by atoms with Gasteiger partial charge < -0.3 is 14.8 Å². The number of carbonyl (C=O) groups excluding carboxylic acids is 2. The van der Waals surface area contributed by atoms with Crippen LogP contribution in [0.1, 0.15) is 36.7 Å². The Bertz CT molecular complexity index is 711. The summed E-state index contributed by atoms with van der Waals surface area (Å²) >= 11 is 0. The number of benzene rings is 2. The Hall–Kier alpha value is -2.82. The zero-order chi connectivity index (χ0) is 18.9. The number of hydrogen-bond donors (Lipinski definition) is 1. The summed E-state index contributed by atoms with van der Waals surface area (Å²) in [6.07, 6.45) is -0.838. The highest BCUT2D eigenvalue weighted by atomic mass is 16.5. The van der Waals surface area contributed by atoms with Crippen LogP contribution in [-0.4, -0.2) is 24.5 Å². The maximum absolute atomic E-state index is 12.1. The molecule has 5 nitrogen and oxygen atoms in total. The van der Waals surface area contributed by atoms with Crippen molar-refractivity contribution >= 4 is 11.9 Å². The SMILES string of the molecule is CC(C)CNC(=O)[C@H](C)OC(=O)c1ccc(OCc2ccccc2)cc1. The predicted octanol–water partition coefficient (Wildman–Crippen LogP) is 3.58. The number of ether oxygens (including phenoxy) is 2. The van der Waals surface area contributed by atoms with E-state index in [2.05, 4.69) is 5.32 Å². The number of esters is 1. The summed E-state index contributed by atoms with van der Waals surface area (Å²) < 4.78 is 10.9.